The molecule has 0 atom stereocenters. The van der Waals surface area contributed by atoms with E-state index in [2.05, 4.69) is 21.7 Å². The van der Waals surface area contributed by atoms with Crippen molar-refractivity contribution < 1.29 is 9.59 Å². The molecule has 0 aliphatic carbocycles. The number of rotatable bonds is 7. The molecule has 3 N–H and O–H groups in total. The number of H-pyrrole nitrogens is 1. The molecule has 5 aromatic rings. The fourth-order valence-electron chi connectivity index (χ4n) is 4.45. The predicted octanol–water partition coefficient (Wildman–Crippen LogP) is 5.10. The average Bonchev–Trinajstić information content (AvgIpc) is 3.45. The van der Waals surface area contributed by atoms with E-state index >= 15 is 0 Å². The minimum atomic E-state index is -0.330. The Balaban J connectivity index is 1.39. The predicted molar refractivity (Wildman–Crippen MR) is 145 cm³/mol. The van der Waals surface area contributed by atoms with E-state index in [-0.39, 0.29) is 17.5 Å². The summed E-state index contributed by atoms with van der Waals surface area (Å²) in [4.78, 5) is 29.6. The highest BCUT2D eigenvalue weighted by atomic mass is 16.2. The highest BCUT2D eigenvalue weighted by molar-refractivity contribution is 6.06. The zero-order chi connectivity index (χ0) is 25.1. The summed E-state index contributed by atoms with van der Waals surface area (Å²) < 4.78 is 2.01. The van der Waals surface area contributed by atoms with Gasteiger partial charge in [0.05, 0.1) is 0 Å². The molecule has 5 rings (SSSR count). The number of benzene rings is 3. The zero-order valence-corrected chi connectivity index (χ0v) is 20.3. The van der Waals surface area contributed by atoms with E-state index in [1.54, 1.807) is 18.2 Å². The summed E-state index contributed by atoms with van der Waals surface area (Å²) in [6.07, 6.45) is 6.35. The van der Waals surface area contributed by atoms with Crippen molar-refractivity contribution in [3.05, 3.63) is 113 Å². The normalized spacial score (nSPS) is 11.7. The largest absolute Gasteiger partial charge is 0.361 e. The number of nitrogens with zero attached hydrogens (tertiary/aromatic N) is 1. The first-order valence-corrected chi connectivity index (χ1v) is 12.0. The lowest BCUT2D eigenvalue weighted by Crippen LogP contribution is -2.35. The van der Waals surface area contributed by atoms with E-state index in [1.165, 1.54) is 0 Å². The maximum atomic E-state index is 13.3. The fraction of sp³-hybridized carbons (Fsp3) is 0.133. The molecule has 0 fully saturated rings. The maximum absolute atomic E-state index is 13.3. The Bertz CT molecular complexity index is 1590. The van der Waals surface area contributed by atoms with Gasteiger partial charge in [-0.1, -0.05) is 54.1 Å². The van der Waals surface area contributed by atoms with Crippen LogP contribution in [-0.4, -0.2) is 27.9 Å². The molecule has 36 heavy (non-hydrogen) atoms. The Hall–Kier alpha value is -4.58. The summed E-state index contributed by atoms with van der Waals surface area (Å²) in [5, 5.41) is 7.98. The van der Waals surface area contributed by atoms with E-state index in [9.17, 15) is 9.59 Å². The van der Waals surface area contributed by atoms with Crippen molar-refractivity contribution in [3.63, 3.8) is 0 Å². The van der Waals surface area contributed by atoms with Crippen LogP contribution in [0.1, 0.15) is 27.0 Å². The van der Waals surface area contributed by atoms with Crippen LogP contribution in [0, 0.1) is 6.92 Å². The number of fused-ring (bicyclic) bond motifs is 2. The Morgan fingerprint density at radius 2 is 1.67 bits per heavy atom. The number of para-hydroxylation sites is 2. The van der Waals surface area contributed by atoms with Gasteiger partial charge in [-0.3, -0.25) is 9.59 Å². The minimum absolute atomic E-state index is 0.204. The van der Waals surface area contributed by atoms with Crippen LogP contribution >= 0.6 is 0 Å². The molecule has 2 heterocycles. The first-order chi connectivity index (χ1) is 17.5. The second-order valence-corrected chi connectivity index (χ2v) is 8.96. The fourth-order valence-corrected chi connectivity index (χ4v) is 4.45. The molecule has 0 spiro atoms. The number of aromatic amines is 1. The number of aromatic nitrogens is 2. The lowest BCUT2D eigenvalue weighted by atomic mass is 10.1. The Labute approximate surface area is 209 Å². The number of nitrogens with one attached hydrogen (secondary N) is 3. The topological polar surface area (TPSA) is 78.9 Å². The van der Waals surface area contributed by atoms with Gasteiger partial charge in [0.1, 0.15) is 5.70 Å². The van der Waals surface area contributed by atoms with Gasteiger partial charge in [0.2, 0.25) is 0 Å². The molecule has 0 unspecified atom stereocenters. The number of aryl methyl sites for hydroxylation is 2. The number of carbonyl (C=O) groups excluding carboxylic acids is 2. The van der Waals surface area contributed by atoms with Gasteiger partial charge in [-0.2, -0.15) is 0 Å². The number of hydrogen-bond acceptors (Lipinski definition) is 2. The van der Waals surface area contributed by atoms with Crippen LogP contribution in [0.4, 0.5) is 0 Å². The second-order valence-electron chi connectivity index (χ2n) is 8.96. The van der Waals surface area contributed by atoms with E-state index in [1.807, 2.05) is 85.5 Å². The second kappa shape index (κ2) is 9.96. The Kier molecular flexibility index (Phi) is 6.41. The maximum Gasteiger partial charge on any atom is 0.267 e. The third-order valence-electron chi connectivity index (χ3n) is 6.39. The van der Waals surface area contributed by atoms with Gasteiger partial charge in [0.25, 0.3) is 11.8 Å². The van der Waals surface area contributed by atoms with Crippen molar-refractivity contribution in [1.29, 1.82) is 0 Å². The van der Waals surface area contributed by atoms with Crippen LogP contribution < -0.4 is 10.6 Å². The molecular weight excluding hydrogens is 448 g/mol. The summed E-state index contributed by atoms with van der Waals surface area (Å²) in [6, 6.07) is 23.3. The molecule has 2 amide bonds. The van der Waals surface area contributed by atoms with Crippen molar-refractivity contribution in [2.45, 2.75) is 13.3 Å². The SMILES string of the molecule is Cc1ccc(C(=O)N/C(=C\c2cn(C)c3ccccc23)C(=O)NCCc2c[nH]c3ccccc23)cc1. The standard InChI is InChI=1S/C30H28N4O2/c1-20-11-13-21(14-12-20)29(35)33-27(17-23-19-34(2)28-10-6-4-8-25(23)28)30(36)31-16-15-22-18-32-26-9-5-3-7-24(22)26/h3-14,17-19,32H,15-16H2,1-2H3,(H,31,36)(H,33,35)/b27-17-. The van der Waals surface area contributed by atoms with Gasteiger partial charge in [0.15, 0.2) is 0 Å². The molecule has 0 saturated carbocycles. The summed E-state index contributed by atoms with van der Waals surface area (Å²) >= 11 is 0. The van der Waals surface area contributed by atoms with Crippen molar-refractivity contribution in [1.82, 2.24) is 20.2 Å². The van der Waals surface area contributed by atoms with Gasteiger partial charge < -0.3 is 20.2 Å². The highest BCUT2D eigenvalue weighted by Gasteiger charge is 2.16. The number of hydrogen-bond donors (Lipinski definition) is 3. The summed E-state index contributed by atoms with van der Waals surface area (Å²) in [5.74, 6) is -0.656. The molecule has 2 aromatic heterocycles. The van der Waals surface area contributed by atoms with Gasteiger partial charge in [-0.05, 0) is 49.2 Å². The van der Waals surface area contributed by atoms with Crippen molar-refractivity contribution >= 4 is 39.7 Å². The molecule has 0 aliphatic heterocycles. The molecule has 0 aliphatic rings. The number of amides is 2. The minimum Gasteiger partial charge on any atom is -0.361 e. The van der Waals surface area contributed by atoms with Crippen LogP contribution in [-0.2, 0) is 18.3 Å². The molecule has 6 nitrogen and oxygen atoms in total. The van der Waals surface area contributed by atoms with Crippen molar-refractivity contribution in [2.75, 3.05) is 6.54 Å². The molecule has 0 radical (unpaired) electrons. The lowest BCUT2D eigenvalue weighted by Gasteiger charge is -2.11. The van der Waals surface area contributed by atoms with Crippen LogP contribution in [0.25, 0.3) is 27.9 Å². The number of carbonyl (C=O) groups is 2. The molecule has 0 bridgehead atoms. The highest BCUT2D eigenvalue weighted by Crippen LogP contribution is 2.23. The first kappa shape index (κ1) is 23.2. The smallest absolute Gasteiger partial charge is 0.267 e. The summed E-state index contributed by atoms with van der Waals surface area (Å²) in [5.41, 5.74) is 5.88. The van der Waals surface area contributed by atoms with E-state index in [0.29, 0.717) is 18.5 Å². The van der Waals surface area contributed by atoms with Crippen molar-refractivity contribution in [3.8, 4) is 0 Å². The van der Waals surface area contributed by atoms with Crippen LogP contribution in [0.3, 0.4) is 0 Å². The van der Waals surface area contributed by atoms with E-state index in [4.69, 9.17) is 0 Å². The van der Waals surface area contributed by atoms with Crippen molar-refractivity contribution in [2.24, 2.45) is 7.05 Å². The average molecular weight is 477 g/mol. The lowest BCUT2D eigenvalue weighted by molar-refractivity contribution is -0.117. The van der Waals surface area contributed by atoms with Gasteiger partial charge in [0, 0.05) is 58.9 Å². The molecule has 180 valence electrons. The van der Waals surface area contributed by atoms with Gasteiger partial charge in [-0.25, -0.2) is 0 Å². The molecule has 3 aromatic carbocycles. The molecule has 6 heteroatoms. The molecule has 0 saturated heterocycles. The summed E-state index contributed by atoms with van der Waals surface area (Å²) in [7, 11) is 1.96. The third kappa shape index (κ3) is 4.79. The molecular formula is C30H28N4O2. The first-order valence-electron chi connectivity index (χ1n) is 12.0. The van der Waals surface area contributed by atoms with Gasteiger partial charge >= 0.3 is 0 Å². The quantitative estimate of drug-likeness (QED) is 0.286. The van der Waals surface area contributed by atoms with Crippen LogP contribution in [0.15, 0.2) is 90.9 Å². The van der Waals surface area contributed by atoms with E-state index in [0.717, 1.165) is 38.5 Å². The van der Waals surface area contributed by atoms with E-state index < -0.39 is 0 Å². The third-order valence-corrected chi connectivity index (χ3v) is 6.39. The Morgan fingerprint density at radius 1 is 0.944 bits per heavy atom. The van der Waals surface area contributed by atoms with Gasteiger partial charge in [-0.15, -0.1) is 0 Å². The zero-order valence-electron chi connectivity index (χ0n) is 20.3. The van der Waals surface area contributed by atoms with Crippen LogP contribution in [0.2, 0.25) is 0 Å². The monoisotopic (exact) mass is 476 g/mol. The summed E-state index contributed by atoms with van der Waals surface area (Å²) in [6.45, 7) is 2.41. The van der Waals surface area contributed by atoms with Crippen LogP contribution in [0.5, 0.6) is 0 Å². The Morgan fingerprint density at radius 3 is 2.47 bits per heavy atom.